The van der Waals surface area contributed by atoms with Crippen molar-refractivity contribution in [2.24, 2.45) is 5.73 Å². The van der Waals surface area contributed by atoms with Crippen molar-refractivity contribution >= 4 is 23.4 Å². The van der Waals surface area contributed by atoms with Gasteiger partial charge in [-0.25, -0.2) is 0 Å². The smallest absolute Gasteiger partial charge is 0.227 e. The van der Waals surface area contributed by atoms with Crippen LogP contribution >= 0.6 is 11.8 Å². The number of thioether (sulfide) groups is 1. The zero-order valence-corrected chi connectivity index (χ0v) is 12.1. The third-order valence-corrected chi connectivity index (χ3v) is 4.42. The second-order valence-corrected chi connectivity index (χ2v) is 5.95. The maximum absolute atomic E-state index is 12.3. The predicted octanol–water partition coefficient (Wildman–Crippen LogP) is 3.03. The number of rotatable bonds is 6. The second kappa shape index (κ2) is 7.56. The van der Waals surface area contributed by atoms with E-state index in [-0.39, 0.29) is 5.91 Å². The van der Waals surface area contributed by atoms with Crippen molar-refractivity contribution in [3.05, 3.63) is 24.3 Å². The van der Waals surface area contributed by atoms with Gasteiger partial charge in [0.05, 0.1) is 5.69 Å². The van der Waals surface area contributed by atoms with Gasteiger partial charge in [0.2, 0.25) is 5.91 Å². The van der Waals surface area contributed by atoms with Gasteiger partial charge in [0.25, 0.3) is 0 Å². The monoisotopic (exact) mass is 278 g/mol. The first kappa shape index (κ1) is 14.4. The summed E-state index contributed by atoms with van der Waals surface area (Å²) in [4.78, 5) is 15.5. The second-order valence-electron chi connectivity index (χ2n) is 4.81. The topological polar surface area (TPSA) is 46.3 Å². The number of benzene rings is 1. The number of anilines is 1. The van der Waals surface area contributed by atoms with E-state index in [4.69, 9.17) is 5.73 Å². The molecule has 0 bridgehead atoms. The number of nitrogens with two attached hydrogens (primary N) is 1. The van der Waals surface area contributed by atoms with Crippen molar-refractivity contribution in [3.63, 3.8) is 0 Å². The molecule has 2 rings (SSSR count). The molecule has 104 valence electrons. The maximum atomic E-state index is 12.3. The fraction of sp³-hybridized carbons (Fsp3) is 0.533. The van der Waals surface area contributed by atoms with Crippen LogP contribution in [0.4, 0.5) is 5.69 Å². The summed E-state index contributed by atoms with van der Waals surface area (Å²) in [5, 5.41) is 0. The summed E-state index contributed by atoms with van der Waals surface area (Å²) in [6, 6.07) is 8.19. The van der Waals surface area contributed by atoms with Gasteiger partial charge in [-0.05, 0) is 31.5 Å². The van der Waals surface area contributed by atoms with E-state index in [2.05, 4.69) is 6.07 Å². The highest BCUT2D eigenvalue weighted by atomic mass is 32.2. The van der Waals surface area contributed by atoms with Gasteiger partial charge >= 0.3 is 0 Å². The lowest BCUT2D eigenvalue weighted by Gasteiger charge is -2.29. The largest absolute Gasteiger partial charge is 0.330 e. The van der Waals surface area contributed by atoms with Crippen LogP contribution in [-0.4, -0.2) is 24.7 Å². The molecule has 1 aromatic carbocycles. The number of amides is 1. The Kier molecular flexibility index (Phi) is 5.73. The number of carbonyl (C=O) groups is 1. The molecule has 1 aliphatic heterocycles. The Morgan fingerprint density at radius 2 is 2.00 bits per heavy atom. The third kappa shape index (κ3) is 3.98. The van der Waals surface area contributed by atoms with Gasteiger partial charge < -0.3 is 10.6 Å². The Bertz CT molecular complexity index is 422. The Morgan fingerprint density at radius 3 is 2.84 bits per heavy atom. The number of nitrogens with zero attached hydrogens (tertiary/aromatic N) is 1. The number of carbonyl (C=O) groups excluding carboxylic acids is 1. The molecule has 0 fully saturated rings. The van der Waals surface area contributed by atoms with Crippen LogP contribution in [-0.2, 0) is 4.79 Å². The van der Waals surface area contributed by atoms with Crippen molar-refractivity contribution in [1.29, 1.82) is 0 Å². The Hall–Kier alpha value is -1.00. The number of unbranched alkanes of at least 4 members (excludes halogenated alkanes) is 3. The van der Waals surface area contributed by atoms with Crippen LogP contribution in [0.5, 0.6) is 0 Å². The third-order valence-electron chi connectivity index (χ3n) is 3.37. The molecule has 0 radical (unpaired) electrons. The van der Waals surface area contributed by atoms with Crippen molar-refractivity contribution in [2.45, 2.75) is 37.0 Å². The summed E-state index contributed by atoms with van der Waals surface area (Å²) in [6.45, 7) is 1.59. The molecule has 2 N–H and O–H groups in total. The average molecular weight is 278 g/mol. The summed E-state index contributed by atoms with van der Waals surface area (Å²) in [7, 11) is 0. The van der Waals surface area contributed by atoms with Crippen LogP contribution in [0.15, 0.2) is 29.2 Å². The van der Waals surface area contributed by atoms with Gasteiger partial charge in [-0.3, -0.25) is 4.79 Å². The molecule has 0 atom stereocenters. The lowest BCUT2D eigenvalue weighted by molar-refractivity contribution is -0.118. The van der Waals surface area contributed by atoms with Crippen LogP contribution in [0, 0.1) is 0 Å². The summed E-state index contributed by atoms with van der Waals surface area (Å²) in [6.07, 6.45) is 4.94. The summed E-state index contributed by atoms with van der Waals surface area (Å²) < 4.78 is 0. The van der Waals surface area contributed by atoms with E-state index in [9.17, 15) is 4.79 Å². The molecular formula is C15H22N2OS. The normalized spacial score (nSPS) is 14.3. The van der Waals surface area contributed by atoms with Crippen LogP contribution < -0.4 is 10.6 Å². The Labute approximate surface area is 119 Å². The minimum atomic E-state index is 0.264. The first-order valence-corrected chi connectivity index (χ1v) is 8.04. The lowest BCUT2D eigenvalue weighted by Crippen LogP contribution is -2.35. The molecular weight excluding hydrogens is 256 g/mol. The molecule has 3 nitrogen and oxygen atoms in total. The van der Waals surface area contributed by atoms with Gasteiger partial charge in [0.15, 0.2) is 0 Å². The molecule has 0 saturated heterocycles. The van der Waals surface area contributed by atoms with E-state index in [1.165, 1.54) is 4.90 Å². The molecule has 1 amide bonds. The van der Waals surface area contributed by atoms with Gasteiger partial charge in [0, 0.05) is 23.6 Å². The van der Waals surface area contributed by atoms with E-state index in [0.29, 0.717) is 6.42 Å². The molecule has 19 heavy (non-hydrogen) atoms. The van der Waals surface area contributed by atoms with Crippen LogP contribution in [0.25, 0.3) is 0 Å². The van der Waals surface area contributed by atoms with E-state index in [1.807, 2.05) is 34.9 Å². The zero-order chi connectivity index (χ0) is 13.5. The first-order chi connectivity index (χ1) is 9.33. The van der Waals surface area contributed by atoms with Gasteiger partial charge in [-0.15, -0.1) is 11.8 Å². The Balaban J connectivity index is 1.86. The van der Waals surface area contributed by atoms with Crippen molar-refractivity contribution in [3.8, 4) is 0 Å². The van der Waals surface area contributed by atoms with Crippen molar-refractivity contribution in [1.82, 2.24) is 0 Å². The van der Waals surface area contributed by atoms with E-state index >= 15 is 0 Å². The van der Waals surface area contributed by atoms with Crippen LogP contribution in [0.3, 0.4) is 0 Å². The van der Waals surface area contributed by atoms with Gasteiger partial charge in [-0.1, -0.05) is 25.0 Å². The molecule has 0 aliphatic carbocycles. The first-order valence-electron chi connectivity index (χ1n) is 7.05. The van der Waals surface area contributed by atoms with Crippen molar-refractivity contribution in [2.75, 3.05) is 23.7 Å². The average Bonchev–Trinajstić information content (AvgIpc) is 2.46. The summed E-state index contributed by atoms with van der Waals surface area (Å²) >= 11 is 1.84. The molecule has 1 aromatic rings. The van der Waals surface area contributed by atoms with E-state index in [0.717, 1.165) is 50.2 Å². The lowest BCUT2D eigenvalue weighted by atomic mass is 10.1. The zero-order valence-electron chi connectivity index (χ0n) is 11.3. The number of para-hydroxylation sites is 1. The molecule has 4 heteroatoms. The quantitative estimate of drug-likeness (QED) is 0.814. The van der Waals surface area contributed by atoms with Crippen LogP contribution in [0.1, 0.15) is 32.1 Å². The maximum Gasteiger partial charge on any atom is 0.227 e. The molecule has 0 aromatic heterocycles. The fourth-order valence-corrected chi connectivity index (χ4v) is 3.33. The molecule has 1 aliphatic rings. The highest BCUT2D eigenvalue weighted by Crippen LogP contribution is 2.34. The molecule has 0 unspecified atom stereocenters. The van der Waals surface area contributed by atoms with E-state index in [1.54, 1.807) is 0 Å². The summed E-state index contributed by atoms with van der Waals surface area (Å²) in [5.74, 6) is 1.26. The SMILES string of the molecule is NCCCCCCC(=O)N1CCSc2ccccc21. The number of fused-ring (bicyclic) bond motifs is 1. The van der Waals surface area contributed by atoms with Crippen LogP contribution in [0.2, 0.25) is 0 Å². The molecule has 0 saturated carbocycles. The minimum Gasteiger partial charge on any atom is -0.330 e. The summed E-state index contributed by atoms with van der Waals surface area (Å²) in [5.41, 5.74) is 6.55. The molecule has 1 heterocycles. The Morgan fingerprint density at radius 1 is 1.21 bits per heavy atom. The highest BCUT2D eigenvalue weighted by Gasteiger charge is 2.21. The van der Waals surface area contributed by atoms with E-state index < -0.39 is 0 Å². The molecule has 0 spiro atoms. The van der Waals surface area contributed by atoms with Gasteiger partial charge in [0.1, 0.15) is 0 Å². The van der Waals surface area contributed by atoms with Gasteiger partial charge in [-0.2, -0.15) is 0 Å². The highest BCUT2D eigenvalue weighted by molar-refractivity contribution is 7.99. The van der Waals surface area contributed by atoms with Crippen molar-refractivity contribution < 1.29 is 4.79 Å². The standard InChI is InChI=1S/C15H22N2OS/c16-10-6-2-1-3-9-15(18)17-11-12-19-14-8-5-4-7-13(14)17/h4-5,7-8H,1-3,6,9-12,16H2. The predicted molar refractivity (Wildman–Crippen MR) is 81.7 cm³/mol. The number of hydrogen-bond donors (Lipinski definition) is 1. The number of hydrogen-bond acceptors (Lipinski definition) is 3. The minimum absolute atomic E-state index is 0.264. The fourth-order valence-electron chi connectivity index (χ4n) is 2.34.